The van der Waals surface area contributed by atoms with E-state index in [9.17, 15) is 4.79 Å². The number of carbonyl (C=O) groups excluding carboxylic acids is 1. The maximum atomic E-state index is 13.1. The lowest BCUT2D eigenvalue weighted by Gasteiger charge is -2.39. The fraction of sp³-hybridized carbons (Fsp3) is 0.524. The third-order valence-corrected chi connectivity index (χ3v) is 6.05. The Hall–Kier alpha value is -2.30. The number of methoxy groups -OCH3 is 1. The zero-order valence-electron chi connectivity index (χ0n) is 15.8. The minimum atomic E-state index is 0.112. The van der Waals surface area contributed by atoms with Crippen molar-refractivity contribution in [3.8, 4) is 5.75 Å². The first-order valence-corrected chi connectivity index (χ1v) is 9.61. The lowest BCUT2D eigenvalue weighted by molar-refractivity contribution is 0.0564. The average Bonchev–Trinajstić information content (AvgIpc) is 3.17. The van der Waals surface area contributed by atoms with Crippen molar-refractivity contribution >= 4 is 5.91 Å². The van der Waals surface area contributed by atoms with Gasteiger partial charge in [-0.1, -0.05) is 12.1 Å². The number of aryl methyl sites for hydroxylation is 2. The van der Waals surface area contributed by atoms with Gasteiger partial charge >= 0.3 is 0 Å². The minimum absolute atomic E-state index is 0.112. The van der Waals surface area contributed by atoms with E-state index in [1.165, 1.54) is 5.56 Å². The van der Waals surface area contributed by atoms with Crippen LogP contribution >= 0.6 is 0 Å². The second kappa shape index (κ2) is 6.78. The molecule has 1 unspecified atom stereocenters. The zero-order valence-corrected chi connectivity index (χ0v) is 15.8. The molecular weight excluding hydrogens is 326 g/mol. The van der Waals surface area contributed by atoms with Crippen LogP contribution in [0.1, 0.15) is 60.3 Å². The number of rotatable bonds is 4. The van der Waals surface area contributed by atoms with Gasteiger partial charge in [0.05, 0.1) is 7.11 Å². The van der Waals surface area contributed by atoms with Gasteiger partial charge in [-0.25, -0.2) is 0 Å². The van der Waals surface area contributed by atoms with Gasteiger partial charge in [-0.15, -0.1) is 0 Å². The van der Waals surface area contributed by atoms with Gasteiger partial charge in [0.2, 0.25) is 0 Å². The summed E-state index contributed by atoms with van der Waals surface area (Å²) < 4.78 is 7.17. The molecule has 2 aliphatic heterocycles. The number of amides is 1. The Balaban J connectivity index is 1.51. The lowest BCUT2D eigenvalue weighted by Crippen LogP contribution is -2.46. The number of aromatic nitrogens is 2. The van der Waals surface area contributed by atoms with Crippen molar-refractivity contribution in [1.82, 2.24) is 14.7 Å². The van der Waals surface area contributed by atoms with Crippen LogP contribution in [0.15, 0.2) is 30.3 Å². The van der Waals surface area contributed by atoms with Gasteiger partial charge in [0.25, 0.3) is 5.91 Å². The molecule has 0 spiro atoms. The highest BCUT2D eigenvalue weighted by atomic mass is 16.5. The summed E-state index contributed by atoms with van der Waals surface area (Å²) in [5.74, 6) is 1.53. The molecule has 2 aliphatic rings. The molecule has 1 aromatic heterocycles. The molecular formula is C21H27N3O2. The summed E-state index contributed by atoms with van der Waals surface area (Å²) in [6.45, 7) is 4.86. The van der Waals surface area contributed by atoms with E-state index in [0.29, 0.717) is 23.7 Å². The van der Waals surface area contributed by atoms with Gasteiger partial charge < -0.3 is 9.64 Å². The number of hydrogen-bond acceptors (Lipinski definition) is 3. The standard InChI is InChI=1S/C21H27N3O2/c1-4-23-14(2)11-20(22-23)21(25)24-17-7-8-18(24)13-16(12-17)15-5-9-19(26-3)10-6-15/h5-6,9-11,16-18H,4,7-8,12-13H2,1-3H3/t16?,17-,18+. The Morgan fingerprint density at radius 1 is 1.19 bits per heavy atom. The Labute approximate surface area is 154 Å². The molecule has 3 heterocycles. The number of fused-ring (bicyclic) bond motifs is 2. The highest BCUT2D eigenvalue weighted by molar-refractivity contribution is 5.93. The van der Waals surface area contributed by atoms with E-state index in [1.54, 1.807) is 7.11 Å². The first-order valence-electron chi connectivity index (χ1n) is 9.61. The molecule has 5 heteroatoms. The fourth-order valence-electron chi connectivity index (χ4n) is 4.72. The summed E-state index contributed by atoms with van der Waals surface area (Å²) in [5, 5.41) is 4.51. The normalized spacial score (nSPS) is 24.7. The summed E-state index contributed by atoms with van der Waals surface area (Å²) in [5.41, 5.74) is 3.02. The minimum Gasteiger partial charge on any atom is -0.497 e. The van der Waals surface area contributed by atoms with Gasteiger partial charge in [0.1, 0.15) is 5.75 Å². The molecule has 0 saturated carbocycles. The number of hydrogen-bond donors (Lipinski definition) is 0. The van der Waals surface area contributed by atoms with E-state index < -0.39 is 0 Å². The van der Waals surface area contributed by atoms with E-state index >= 15 is 0 Å². The number of piperidine rings is 1. The van der Waals surface area contributed by atoms with E-state index in [-0.39, 0.29) is 5.91 Å². The maximum absolute atomic E-state index is 13.1. The van der Waals surface area contributed by atoms with Crippen LogP contribution in [-0.2, 0) is 6.54 Å². The SMILES string of the molecule is CCn1nc(C(=O)N2[C@@H]3CC[C@H]2CC(c2ccc(OC)cc2)C3)cc1C. The van der Waals surface area contributed by atoms with Crippen molar-refractivity contribution in [2.45, 2.75) is 64.1 Å². The predicted molar refractivity (Wildman–Crippen MR) is 101 cm³/mol. The molecule has 1 aromatic carbocycles. The zero-order chi connectivity index (χ0) is 18.3. The summed E-state index contributed by atoms with van der Waals surface area (Å²) in [4.78, 5) is 15.2. The molecule has 2 fully saturated rings. The number of benzene rings is 1. The Morgan fingerprint density at radius 2 is 1.85 bits per heavy atom. The van der Waals surface area contributed by atoms with Crippen LogP contribution in [0.3, 0.4) is 0 Å². The maximum Gasteiger partial charge on any atom is 0.274 e. The van der Waals surface area contributed by atoms with Crippen molar-refractivity contribution in [2.24, 2.45) is 0 Å². The smallest absolute Gasteiger partial charge is 0.274 e. The topological polar surface area (TPSA) is 47.4 Å². The van der Waals surface area contributed by atoms with Gasteiger partial charge in [-0.3, -0.25) is 9.48 Å². The molecule has 2 aromatic rings. The number of nitrogens with zero attached hydrogens (tertiary/aromatic N) is 3. The quantitative estimate of drug-likeness (QED) is 0.841. The second-order valence-electron chi connectivity index (χ2n) is 7.53. The molecule has 26 heavy (non-hydrogen) atoms. The summed E-state index contributed by atoms with van der Waals surface area (Å²) in [6, 6.07) is 11.0. The Bertz CT molecular complexity index is 782. The first-order chi connectivity index (χ1) is 12.6. The largest absolute Gasteiger partial charge is 0.497 e. The molecule has 5 nitrogen and oxygen atoms in total. The monoisotopic (exact) mass is 353 g/mol. The molecule has 0 radical (unpaired) electrons. The number of ether oxygens (including phenoxy) is 1. The molecule has 0 aliphatic carbocycles. The van der Waals surface area contributed by atoms with Crippen LogP contribution in [0.4, 0.5) is 0 Å². The van der Waals surface area contributed by atoms with Crippen molar-refractivity contribution in [1.29, 1.82) is 0 Å². The van der Waals surface area contributed by atoms with Crippen LogP contribution < -0.4 is 4.74 Å². The molecule has 2 bridgehead atoms. The summed E-state index contributed by atoms with van der Waals surface area (Å²) in [7, 11) is 1.70. The van der Waals surface area contributed by atoms with Crippen molar-refractivity contribution in [3.63, 3.8) is 0 Å². The highest BCUT2D eigenvalue weighted by Crippen LogP contribution is 2.43. The third kappa shape index (κ3) is 2.89. The van der Waals surface area contributed by atoms with Crippen LogP contribution in [-0.4, -0.2) is 39.8 Å². The third-order valence-electron chi connectivity index (χ3n) is 6.05. The van der Waals surface area contributed by atoms with Gasteiger partial charge in [0, 0.05) is 24.3 Å². The van der Waals surface area contributed by atoms with Crippen molar-refractivity contribution in [3.05, 3.63) is 47.3 Å². The molecule has 1 amide bonds. The van der Waals surface area contributed by atoms with Crippen LogP contribution in [0.25, 0.3) is 0 Å². The van der Waals surface area contributed by atoms with Gasteiger partial charge in [-0.2, -0.15) is 5.10 Å². The summed E-state index contributed by atoms with van der Waals surface area (Å²) in [6.07, 6.45) is 4.30. The molecule has 138 valence electrons. The van der Waals surface area contributed by atoms with Crippen LogP contribution in [0, 0.1) is 6.92 Å². The summed E-state index contributed by atoms with van der Waals surface area (Å²) >= 11 is 0. The van der Waals surface area contributed by atoms with E-state index in [1.807, 2.05) is 29.8 Å². The molecule has 3 atom stereocenters. The fourth-order valence-corrected chi connectivity index (χ4v) is 4.72. The molecule has 2 saturated heterocycles. The molecule has 0 N–H and O–H groups in total. The van der Waals surface area contributed by atoms with Gasteiger partial charge in [-0.05, 0) is 69.2 Å². The van der Waals surface area contributed by atoms with Crippen LogP contribution in [0.5, 0.6) is 5.75 Å². The van der Waals surface area contributed by atoms with Crippen LogP contribution in [0.2, 0.25) is 0 Å². The Kier molecular flexibility index (Phi) is 4.47. The second-order valence-corrected chi connectivity index (χ2v) is 7.53. The molecule has 4 rings (SSSR count). The number of carbonyl (C=O) groups is 1. The Morgan fingerprint density at radius 3 is 2.38 bits per heavy atom. The van der Waals surface area contributed by atoms with E-state index in [4.69, 9.17) is 4.74 Å². The highest BCUT2D eigenvalue weighted by Gasteiger charge is 2.44. The predicted octanol–water partition coefficient (Wildman–Crippen LogP) is 3.77. The van der Waals surface area contributed by atoms with Gasteiger partial charge in [0.15, 0.2) is 5.69 Å². The van der Waals surface area contributed by atoms with Crippen molar-refractivity contribution < 1.29 is 9.53 Å². The van der Waals surface area contributed by atoms with E-state index in [0.717, 1.165) is 43.7 Å². The lowest BCUT2D eigenvalue weighted by atomic mass is 9.85. The van der Waals surface area contributed by atoms with Crippen molar-refractivity contribution in [2.75, 3.05) is 7.11 Å². The van der Waals surface area contributed by atoms with E-state index in [2.05, 4.69) is 29.1 Å². The average molecular weight is 353 g/mol. The first kappa shape index (κ1) is 17.1.